The van der Waals surface area contributed by atoms with Crippen LogP contribution in [-0.2, 0) is 0 Å². The van der Waals surface area contributed by atoms with Crippen molar-refractivity contribution in [3.05, 3.63) is 27.7 Å². The van der Waals surface area contributed by atoms with Crippen molar-refractivity contribution < 1.29 is 14.3 Å². The van der Waals surface area contributed by atoms with Crippen molar-refractivity contribution in [2.75, 3.05) is 18.4 Å². The zero-order chi connectivity index (χ0) is 14.7. The number of carbonyl (C=O) groups is 1. The van der Waals surface area contributed by atoms with Crippen LogP contribution in [0.1, 0.15) is 0 Å². The number of benzene rings is 1. The lowest BCUT2D eigenvalue weighted by molar-refractivity contribution is 0.195. The molecule has 0 aliphatic carbocycles. The minimum Gasteiger partial charge on any atom is -0.465 e. The van der Waals surface area contributed by atoms with E-state index in [0.717, 1.165) is 0 Å². The summed E-state index contributed by atoms with van der Waals surface area (Å²) in [5.74, 6) is -0.183. The Hall–Kier alpha value is -1.67. The fourth-order valence-electron chi connectivity index (χ4n) is 1.60. The van der Waals surface area contributed by atoms with E-state index in [0.29, 0.717) is 17.7 Å². The van der Waals surface area contributed by atoms with Crippen molar-refractivity contribution >= 4 is 50.3 Å². The summed E-state index contributed by atoms with van der Waals surface area (Å²) in [5, 5.41) is 14.2. The summed E-state index contributed by atoms with van der Waals surface area (Å²) in [7, 11) is 0. The topological polar surface area (TPSA) is 87.1 Å². The van der Waals surface area contributed by atoms with Crippen LogP contribution in [0.4, 0.5) is 15.0 Å². The van der Waals surface area contributed by atoms with Gasteiger partial charge in [0.15, 0.2) is 5.82 Å². The highest BCUT2D eigenvalue weighted by Crippen LogP contribution is 2.33. The van der Waals surface area contributed by atoms with Crippen LogP contribution >= 0.6 is 27.5 Å². The number of amides is 1. The summed E-state index contributed by atoms with van der Waals surface area (Å²) in [6, 6.07) is 1.54. The molecular weight excluding hydrogens is 355 g/mol. The third-order valence-electron chi connectivity index (χ3n) is 2.46. The minimum atomic E-state index is -1.11. The average Bonchev–Trinajstić information content (AvgIpc) is 2.41. The summed E-state index contributed by atoms with van der Waals surface area (Å²) in [6.07, 6.45) is 0.107. The minimum absolute atomic E-state index is 0.130. The van der Waals surface area contributed by atoms with Crippen molar-refractivity contribution in [3.8, 4) is 0 Å². The molecule has 3 N–H and O–H groups in total. The van der Waals surface area contributed by atoms with Gasteiger partial charge in [0.25, 0.3) is 0 Å². The SMILES string of the molecule is O=C(O)NCCNc1ncnc2c(F)c(Br)c(Cl)cc12. The first-order valence-electron chi connectivity index (χ1n) is 5.49. The number of fused-ring (bicyclic) bond motifs is 1. The molecule has 0 saturated carbocycles. The second-order valence-corrected chi connectivity index (χ2v) is 4.96. The van der Waals surface area contributed by atoms with Gasteiger partial charge in [-0.05, 0) is 22.0 Å². The Morgan fingerprint density at radius 1 is 1.45 bits per heavy atom. The molecule has 0 aliphatic heterocycles. The van der Waals surface area contributed by atoms with Gasteiger partial charge in [-0.15, -0.1) is 0 Å². The molecule has 6 nitrogen and oxygen atoms in total. The number of halogens is 3. The molecule has 106 valence electrons. The Kier molecular flexibility index (Phi) is 4.56. The highest BCUT2D eigenvalue weighted by Gasteiger charge is 2.14. The van der Waals surface area contributed by atoms with Gasteiger partial charge in [0.2, 0.25) is 0 Å². The van der Waals surface area contributed by atoms with E-state index in [9.17, 15) is 9.18 Å². The van der Waals surface area contributed by atoms with Crippen LogP contribution in [0, 0.1) is 5.82 Å². The van der Waals surface area contributed by atoms with Gasteiger partial charge >= 0.3 is 6.09 Å². The van der Waals surface area contributed by atoms with Crippen LogP contribution in [0.15, 0.2) is 16.9 Å². The van der Waals surface area contributed by atoms with Gasteiger partial charge in [0.1, 0.15) is 17.7 Å². The predicted molar refractivity (Wildman–Crippen MR) is 76.7 cm³/mol. The summed E-state index contributed by atoms with van der Waals surface area (Å²) in [4.78, 5) is 18.2. The van der Waals surface area contributed by atoms with Crippen LogP contribution < -0.4 is 10.6 Å². The van der Waals surface area contributed by atoms with E-state index in [1.54, 1.807) is 0 Å². The zero-order valence-electron chi connectivity index (χ0n) is 9.95. The van der Waals surface area contributed by atoms with E-state index < -0.39 is 11.9 Å². The first-order chi connectivity index (χ1) is 9.50. The highest BCUT2D eigenvalue weighted by molar-refractivity contribution is 9.10. The quantitative estimate of drug-likeness (QED) is 0.574. The highest BCUT2D eigenvalue weighted by atomic mass is 79.9. The van der Waals surface area contributed by atoms with Gasteiger partial charge < -0.3 is 15.7 Å². The van der Waals surface area contributed by atoms with Crippen LogP contribution in [0.2, 0.25) is 5.02 Å². The summed E-state index contributed by atoms with van der Waals surface area (Å²) < 4.78 is 14.1. The third kappa shape index (κ3) is 3.07. The Bertz CT molecular complexity index is 670. The molecule has 0 radical (unpaired) electrons. The zero-order valence-corrected chi connectivity index (χ0v) is 12.3. The lowest BCUT2D eigenvalue weighted by Gasteiger charge is -2.10. The second-order valence-electron chi connectivity index (χ2n) is 3.76. The monoisotopic (exact) mass is 362 g/mol. The molecule has 1 aromatic carbocycles. The van der Waals surface area contributed by atoms with Crippen molar-refractivity contribution in [1.82, 2.24) is 15.3 Å². The Morgan fingerprint density at radius 3 is 2.90 bits per heavy atom. The molecule has 1 amide bonds. The molecule has 20 heavy (non-hydrogen) atoms. The van der Waals surface area contributed by atoms with Gasteiger partial charge in [-0.3, -0.25) is 0 Å². The number of nitrogens with zero attached hydrogens (tertiary/aromatic N) is 2. The lowest BCUT2D eigenvalue weighted by Crippen LogP contribution is -2.27. The standard InChI is InChI=1S/C11H9BrClFN4O2/c12-7-6(13)3-5-9(8(7)14)17-4-18-10(5)15-1-2-16-11(19)20/h3-4,16H,1-2H2,(H,19,20)(H,15,17,18). The number of hydrogen-bond donors (Lipinski definition) is 3. The third-order valence-corrected chi connectivity index (χ3v) is 3.76. The number of anilines is 1. The van der Waals surface area contributed by atoms with Crippen LogP contribution in [0.3, 0.4) is 0 Å². The predicted octanol–water partition coefficient (Wildman–Crippen LogP) is 2.86. The maximum absolute atomic E-state index is 14.0. The average molecular weight is 364 g/mol. The van der Waals surface area contributed by atoms with Gasteiger partial charge in [-0.1, -0.05) is 11.6 Å². The molecule has 2 rings (SSSR count). The van der Waals surface area contributed by atoms with Crippen molar-refractivity contribution in [2.45, 2.75) is 0 Å². The Balaban J connectivity index is 2.28. The molecule has 0 atom stereocenters. The van der Waals surface area contributed by atoms with Gasteiger partial charge in [0, 0.05) is 18.5 Å². The second kappa shape index (κ2) is 6.19. The molecule has 0 aliphatic rings. The van der Waals surface area contributed by atoms with E-state index in [-0.39, 0.29) is 21.6 Å². The Morgan fingerprint density at radius 2 is 2.20 bits per heavy atom. The molecule has 2 aromatic rings. The fourth-order valence-corrected chi connectivity index (χ4v) is 2.09. The smallest absolute Gasteiger partial charge is 0.404 e. The lowest BCUT2D eigenvalue weighted by atomic mass is 10.2. The van der Waals surface area contributed by atoms with Crippen molar-refractivity contribution in [3.63, 3.8) is 0 Å². The number of carboxylic acid groups (broad SMARTS) is 1. The summed E-state index contributed by atoms with van der Waals surface area (Å²) in [6.45, 7) is 0.487. The van der Waals surface area contributed by atoms with E-state index in [2.05, 4.69) is 36.5 Å². The number of rotatable bonds is 4. The van der Waals surface area contributed by atoms with Gasteiger partial charge in [-0.25, -0.2) is 19.2 Å². The van der Waals surface area contributed by atoms with Crippen LogP contribution in [0.5, 0.6) is 0 Å². The molecule has 9 heteroatoms. The maximum atomic E-state index is 14.0. The number of hydrogen-bond acceptors (Lipinski definition) is 4. The summed E-state index contributed by atoms with van der Waals surface area (Å²) in [5.41, 5.74) is 0.130. The number of aromatic nitrogens is 2. The van der Waals surface area contributed by atoms with E-state index in [4.69, 9.17) is 16.7 Å². The molecule has 1 aromatic heterocycles. The first kappa shape index (κ1) is 14.7. The van der Waals surface area contributed by atoms with Crippen LogP contribution in [0.25, 0.3) is 10.9 Å². The van der Waals surface area contributed by atoms with Crippen molar-refractivity contribution in [1.29, 1.82) is 0 Å². The van der Waals surface area contributed by atoms with E-state index in [1.807, 2.05) is 0 Å². The molecule has 0 bridgehead atoms. The molecule has 1 heterocycles. The molecule has 0 unspecified atom stereocenters. The summed E-state index contributed by atoms with van der Waals surface area (Å²) >= 11 is 8.95. The van der Waals surface area contributed by atoms with E-state index in [1.165, 1.54) is 12.4 Å². The maximum Gasteiger partial charge on any atom is 0.404 e. The first-order valence-corrected chi connectivity index (χ1v) is 6.66. The van der Waals surface area contributed by atoms with Gasteiger partial charge in [-0.2, -0.15) is 0 Å². The van der Waals surface area contributed by atoms with E-state index >= 15 is 0 Å². The van der Waals surface area contributed by atoms with Crippen molar-refractivity contribution in [2.24, 2.45) is 0 Å². The molecule has 0 spiro atoms. The van der Waals surface area contributed by atoms with Gasteiger partial charge in [0.05, 0.1) is 9.50 Å². The normalized spacial score (nSPS) is 10.6. The van der Waals surface area contributed by atoms with Crippen LogP contribution in [-0.4, -0.2) is 34.3 Å². The molecular formula is C11H9BrClFN4O2. The number of nitrogens with one attached hydrogen (secondary N) is 2. The largest absolute Gasteiger partial charge is 0.465 e. The Labute approximate surface area is 126 Å². The fraction of sp³-hybridized carbons (Fsp3) is 0.182. The molecule has 0 fully saturated rings. The molecule has 0 saturated heterocycles.